The fraction of sp³-hybridized carbons (Fsp3) is 0.500. The number of rotatable bonds is 7. The molecule has 0 aliphatic rings. The lowest BCUT2D eigenvalue weighted by atomic mass is 10.6. The third kappa shape index (κ3) is 7.57. The standard InChI is InChI=1S/C8H14O6S2/c1-3-13-15(9,10)7-5-6-8-16(11,12)14-4-2/h5-8H,3-4H2,1-2H3. The monoisotopic (exact) mass is 270 g/mol. The minimum Gasteiger partial charge on any atom is -0.267 e. The Morgan fingerprint density at radius 2 is 1.12 bits per heavy atom. The highest BCUT2D eigenvalue weighted by Crippen LogP contribution is 1.98. The maximum absolute atomic E-state index is 11.0. The Hall–Kier alpha value is -0.700. The van der Waals surface area contributed by atoms with Crippen molar-refractivity contribution in [3.63, 3.8) is 0 Å². The van der Waals surface area contributed by atoms with Gasteiger partial charge >= 0.3 is 0 Å². The minimum atomic E-state index is -3.73. The van der Waals surface area contributed by atoms with Gasteiger partial charge in [0.25, 0.3) is 20.2 Å². The van der Waals surface area contributed by atoms with Crippen molar-refractivity contribution >= 4 is 20.2 Å². The molecule has 0 bridgehead atoms. The van der Waals surface area contributed by atoms with Crippen LogP contribution in [0.3, 0.4) is 0 Å². The van der Waals surface area contributed by atoms with Crippen molar-refractivity contribution < 1.29 is 25.2 Å². The molecule has 0 saturated heterocycles. The Bertz CT molecular complexity index is 399. The Morgan fingerprint density at radius 3 is 1.38 bits per heavy atom. The van der Waals surface area contributed by atoms with Crippen LogP contribution in [0.25, 0.3) is 0 Å². The summed E-state index contributed by atoms with van der Waals surface area (Å²) in [5, 5.41) is 1.52. The second-order valence-corrected chi connectivity index (χ2v) is 5.44. The normalized spacial score (nSPS) is 13.9. The Kier molecular flexibility index (Phi) is 6.49. The van der Waals surface area contributed by atoms with Crippen LogP contribution in [0.5, 0.6) is 0 Å². The zero-order valence-corrected chi connectivity index (χ0v) is 10.6. The average Bonchev–Trinajstić information content (AvgIpc) is 2.12. The van der Waals surface area contributed by atoms with E-state index >= 15 is 0 Å². The van der Waals surface area contributed by atoms with E-state index < -0.39 is 20.2 Å². The van der Waals surface area contributed by atoms with E-state index in [-0.39, 0.29) is 13.2 Å². The van der Waals surface area contributed by atoms with Crippen molar-refractivity contribution in [2.75, 3.05) is 13.2 Å². The van der Waals surface area contributed by atoms with E-state index in [9.17, 15) is 16.8 Å². The molecule has 0 fully saturated rings. The Balaban J connectivity index is 4.47. The highest BCUT2D eigenvalue weighted by atomic mass is 32.2. The molecule has 0 saturated carbocycles. The summed E-state index contributed by atoms with van der Waals surface area (Å²) in [4.78, 5) is 0. The minimum absolute atomic E-state index is 0.0215. The van der Waals surface area contributed by atoms with Crippen molar-refractivity contribution in [1.29, 1.82) is 0 Å². The Labute approximate surface area is 95.8 Å². The zero-order valence-electron chi connectivity index (χ0n) is 8.99. The van der Waals surface area contributed by atoms with Gasteiger partial charge in [0.2, 0.25) is 0 Å². The van der Waals surface area contributed by atoms with E-state index in [4.69, 9.17) is 0 Å². The quantitative estimate of drug-likeness (QED) is 0.501. The molecule has 0 amide bonds. The third-order valence-electron chi connectivity index (χ3n) is 1.17. The smallest absolute Gasteiger partial charge is 0.267 e. The van der Waals surface area contributed by atoms with Crippen molar-refractivity contribution in [2.24, 2.45) is 0 Å². The molecule has 0 atom stereocenters. The molecule has 0 spiro atoms. The lowest BCUT2D eigenvalue weighted by molar-refractivity contribution is 0.343. The van der Waals surface area contributed by atoms with Crippen molar-refractivity contribution in [1.82, 2.24) is 0 Å². The highest BCUT2D eigenvalue weighted by molar-refractivity contribution is 7.90. The summed E-state index contributed by atoms with van der Waals surface area (Å²) in [5.41, 5.74) is 0. The van der Waals surface area contributed by atoms with E-state index in [1.807, 2.05) is 0 Å². The fourth-order valence-electron chi connectivity index (χ4n) is 0.690. The second kappa shape index (κ2) is 6.79. The SMILES string of the molecule is CCOS(=O)(=O)C=CC=CS(=O)(=O)OCC. The molecule has 94 valence electrons. The fourth-order valence-corrected chi connectivity index (χ4v) is 2.07. The van der Waals surface area contributed by atoms with E-state index in [0.717, 1.165) is 23.0 Å². The first kappa shape index (κ1) is 15.3. The first-order valence-electron chi connectivity index (χ1n) is 4.46. The van der Waals surface area contributed by atoms with Gasteiger partial charge in [-0.2, -0.15) is 16.8 Å². The van der Waals surface area contributed by atoms with E-state index in [2.05, 4.69) is 8.37 Å². The maximum Gasteiger partial charge on any atom is 0.290 e. The zero-order chi connectivity index (χ0) is 12.7. The van der Waals surface area contributed by atoms with Crippen LogP contribution in [0, 0.1) is 0 Å². The first-order chi connectivity index (χ1) is 7.33. The van der Waals surface area contributed by atoms with Gasteiger partial charge in [-0.1, -0.05) is 0 Å². The van der Waals surface area contributed by atoms with E-state index in [0.29, 0.717) is 0 Å². The van der Waals surface area contributed by atoms with Crippen LogP contribution >= 0.6 is 0 Å². The van der Waals surface area contributed by atoms with E-state index in [1.54, 1.807) is 0 Å². The molecule has 6 nitrogen and oxygen atoms in total. The number of hydrogen-bond donors (Lipinski definition) is 0. The Morgan fingerprint density at radius 1 is 0.812 bits per heavy atom. The van der Waals surface area contributed by atoms with Crippen LogP contribution in [-0.2, 0) is 28.6 Å². The molecule has 0 radical (unpaired) electrons. The molecule has 0 rings (SSSR count). The molecule has 0 unspecified atom stereocenters. The summed E-state index contributed by atoms with van der Waals surface area (Å²) < 4.78 is 52.6. The highest BCUT2D eigenvalue weighted by Gasteiger charge is 2.04. The van der Waals surface area contributed by atoms with Gasteiger partial charge in [-0.15, -0.1) is 0 Å². The van der Waals surface area contributed by atoms with Gasteiger partial charge < -0.3 is 0 Å². The molecular formula is C8H14O6S2. The summed E-state index contributed by atoms with van der Waals surface area (Å²) >= 11 is 0. The second-order valence-electron chi connectivity index (χ2n) is 2.46. The molecule has 0 heterocycles. The number of allylic oxidation sites excluding steroid dienone is 2. The van der Waals surface area contributed by atoms with Gasteiger partial charge in [0.05, 0.1) is 24.0 Å². The lowest BCUT2D eigenvalue weighted by Gasteiger charge is -1.95. The topological polar surface area (TPSA) is 86.7 Å². The molecule has 0 aromatic heterocycles. The largest absolute Gasteiger partial charge is 0.290 e. The predicted octanol–water partition coefficient (Wildman–Crippen LogP) is 0.746. The van der Waals surface area contributed by atoms with Crippen LogP contribution in [0.2, 0.25) is 0 Å². The van der Waals surface area contributed by atoms with Crippen LogP contribution < -0.4 is 0 Å². The molecular weight excluding hydrogens is 256 g/mol. The molecule has 0 aliphatic carbocycles. The van der Waals surface area contributed by atoms with Gasteiger partial charge in [0.1, 0.15) is 0 Å². The summed E-state index contributed by atoms with van der Waals surface area (Å²) in [5.74, 6) is 0. The molecule has 0 aromatic carbocycles. The summed E-state index contributed by atoms with van der Waals surface area (Å²) in [6.07, 6.45) is 2.09. The van der Waals surface area contributed by atoms with Crippen LogP contribution in [0.1, 0.15) is 13.8 Å². The maximum atomic E-state index is 11.0. The van der Waals surface area contributed by atoms with Crippen LogP contribution in [-0.4, -0.2) is 30.0 Å². The molecule has 0 aromatic rings. The third-order valence-corrected chi connectivity index (χ3v) is 3.28. The first-order valence-corrected chi connectivity index (χ1v) is 7.41. The molecule has 16 heavy (non-hydrogen) atoms. The molecule has 0 aliphatic heterocycles. The van der Waals surface area contributed by atoms with E-state index in [1.165, 1.54) is 13.8 Å². The van der Waals surface area contributed by atoms with Gasteiger partial charge in [-0.3, -0.25) is 8.37 Å². The van der Waals surface area contributed by atoms with Gasteiger partial charge in [-0.25, -0.2) is 0 Å². The van der Waals surface area contributed by atoms with Gasteiger partial charge in [0, 0.05) is 0 Å². The molecule has 0 N–H and O–H groups in total. The van der Waals surface area contributed by atoms with Crippen molar-refractivity contribution in [2.45, 2.75) is 13.8 Å². The van der Waals surface area contributed by atoms with Gasteiger partial charge in [-0.05, 0) is 26.0 Å². The predicted molar refractivity (Wildman–Crippen MR) is 59.4 cm³/mol. The number of hydrogen-bond acceptors (Lipinski definition) is 6. The van der Waals surface area contributed by atoms with Crippen LogP contribution in [0.4, 0.5) is 0 Å². The average molecular weight is 270 g/mol. The van der Waals surface area contributed by atoms with Gasteiger partial charge in [0.15, 0.2) is 0 Å². The van der Waals surface area contributed by atoms with Crippen LogP contribution in [0.15, 0.2) is 23.0 Å². The summed E-state index contributed by atoms with van der Waals surface area (Å²) in [7, 11) is -7.46. The lowest BCUT2D eigenvalue weighted by Crippen LogP contribution is -2.01. The summed E-state index contributed by atoms with van der Waals surface area (Å²) in [6, 6.07) is 0. The molecule has 8 heteroatoms. The summed E-state index contributed by atoms with van der Waals surface area (Å²) in [6.45, 7) is 3.10. The van der Waals surface area contributed by atoms with Crippen molar-refractivity contribution in [3.05, 3.63) is 23.0 Å². The van der Waals surface area contributed by atoms with Crippen molar-refractivity contribution in [3.8, 4) is 0 Å².